The van der Waals surface area contributed by atoms with E-state index in [4.69, 9.17) is 0 Å². The van der Waals surface area contributed by atoms with E-state index in [1.54, 1.807) is 12.1 Å². The monoisotopic (exact) mass is 367 g/mol. The van der Waals surface area contributed by atoms with Crippen molar-refractivity contribution in [3.8, 4) is 0 Å². The molecule has 2 aromatic carbocycles. The fourth-order valence-corrected chi connectivity index (χ4v) is 4.08. The second-order valence-electron chi connectivity index (χ2n) is 7.49. The predicted octanol–water partition coefficient (Wildman–Crippen LogP) is 3.46. The Bertz CT molecular complexity index is 813. The molecule has 1 amide bonds. The van der Waals surface area contributed by atoms with Crippen LogP contribution >= 0.6 is 0 Å². The minimum Gasteiger partial charge on any atom is -0.374 e. The molecule has 5 heteroatoms. The van der Waals surface area contributed by atoms with Crippen molar-refractivity contribution >= 4 is 17.3 Å². The maximum Gasteiger partial charge on any atom is 0.244 e. The van der Waals surface area contributed by atoms with E-state index in [-0.39, 0.29) is 17.8 Å². The SMILES string of the molecule is CC(Nc1ccc2c(c1)CCC2)C(=O)N1CCN(c2ccc(F)cc2)CC1. The largest absolute Gasteiger partial charge is 0.374 e. The van der Waals surface area contributed by atoms with E-state index in [0.29, 0.717) is 13.1 Å². The zero-order valence-electron chi connectivity index (χ0n) is 15.7. The van der Waals surface area contributed by atoms with E-state index >= 15 is 0 Å². The fourth-order valence-electron chi connectivity index (χ4n) is 4.08. The number of carbonyl (C=O) groups is 1. The van der Waals surface area contributed by atoms with Crippen molar-refractivity contribution in [2.45, 2.75) is 32.2 Å². The molecule has 1 heterocycles. The van der Waals surface area contributed by atoms with Gasteiger partial charge in [0.15, 0.2) is 0 Å². The van der Waals surface area contributed by atoms with Gasteiger partial charge in [-0.1, -0.05) is 6.07 Å². The van der Waals surface area contributed by atoms with Gasteiger partial charge in [-0.15, -0.1) is 0 Å². The lowest BCUT2D eigenvalue weighted by Gasteiger charge is -2.37. The lowest BCUT2D eigenvalue weighted by atomic mass is 10.1. The third-order valence-electron chi connectivity index (χ3n) is 5.64. The van der Waals surface area contributed by atoms with Crippen LogP contribution in [0, 0.1) is 5.82 Å². The molecule has 0 saturated carbocycles. The van der Waals surface area contributed by atoms with Crippen molar-refractivity contribution in [2.75, 3.05) is 36.4 Å². The fraction of sp³-hybridized carbons (Fsp3) is 0.409. The molecule has 2 aromatic rings. The van der Waals surface area contributed by atoms with Crippen LogP contribution in [-0.4, -0.2) is 43.0 Å². The third-order valence-corrected chi connectivity index (χ3v) is 5.64. The highest BCUT2D eigenvalue weighted by Crippen LogP contribution is 2.25. The van der Waals surface area contributed by atoms with Crippen LogP contribution in [0.5, 0.6) is 0 Å². The van der Waals surface area contributed by atoms with Crippen LogP contribution in [0.25, 0.3) is 0 Å². The second kappa shape index (κ2) is 7.59. The zero-order chi connectivity index (χ0) is 18.8. The molecule has 1 N–H and O–H groups in total. The molecular weight excluding hydrogens is 341 g/mol. The Kier molecular flexibility index (Phi) is 5.01. The second-order valence-corrected chi connectivity index (χ2v) is 7.49. The molecule has 0 spiro atoms. The minimum absolute atomic E-state index is 0.134. The lowest BCUT2D eigenvalue weighted by Crippen LogP contribution is -2.52. The number of rotatable bonds is 4. The lowest BCUT2D eigenvalue weighted by molar-refractivity contribution is -0.131. The third kappa shape index (κ3) is 3.92. The summed E-state index contributed by atoms with van der Waals surface area (Å²) < 4.78 is 13.1. The number of carbonyl (C=O) groups excluding carboxylic acids is 1. The molecule has 27 heavy (non-hydrogen) atoms. The van der Waals surface area contributed by atoms with Gasteiger partial charge in [0.2, 0.25) is 5.91 Å². The van der Waals surface area contributed by atoms with Crippen LogP contribution in [-0.2, 0) is 17.6 Å². The van der Waals surface area contributed by atoms with E-state index < -0.39 is 0 Å². The number of halogens is 1. The van der Waals surface area contributed by atoms with Gasteiger partial charge in [-0.25, -0.2) is 4.39 Å². The van der Waals surface area contributed by atoms with Gasteiger partial charge in [0.25, 0.3) is 0 Å². The Balaban J connectivity index is 1.32. The highest BCUT2D eigenvalue weighted by atomic mass is 19.1. The summed E-state index contributed by atoms with van der Waals surface area (Å²) >= 11 is 0. The molecule has 0 radical (unpaired) electrons. The Hall–Kier alpha value is -2.56. The first-order chi connectivity index (χ1) is 13.1. The number of hydrogen-bond acceptors (Lipinski definition) is 3. The Morgan fingerprint density at radius 3 is 2.44 bits per heavy atom. The number of aryl methyl sites for hydroxylation is 2. The number of anilines is 2. The van der Waals surface area contributed by atoms with Gasteiger partial charge in [-0.2, -0.15) is 0 Å². The Morgan fingerprint density at radius 1 is 1.00 bits per heavy atom. The van der Waals surface area contributed by atoms with Crippen LogP contribution in [0.15, 0.2) is 42.5 Å². The standard InChI is InChI=1S/C22H26FN3O/c1-16(24-20-8-5-17-3-2-4-18(17)15-20)22(27)26-13-11-25(12-14-26)21-9-6-19(23)7-10-21/h5-10,15-16,24H,2-4,11-14H2,1H3. The van der Waals surface area contributed by atoms with Gasteiger partial charge in [-0.05, 0) is 73.7 Å². The summed E-state index contributed by atoms with van der Waals surface area (Å²) in [6.45, 7) is 4.84. The predicted molar refractivity (Wildman–Crippen MR) is 107 cm³/mol. The molecular formula is C22H26FN3O. The molecule has 142 valence electrons. The number of benzene rings is 2. The summed E-state index contributed by atoms with van der Waals surface area (Å²) in [5.41, 5.74) is 4.89. The van der Waals surface area contributed by atoms with Crippen molar-refractivity contribution in [3.05, 3.63) is 59.4 Å². The van der Waals surface area contributed by atoms with Crippen LogP contribution < -0.4 is 10.2 Å². The molecule has 1 unspecified atom stereocenters. The molecule has 1 atom stereocenters. The van der Waals surface area contributed by atoms with Gasteiger partial charge in [0, 0.05) is 37.6 Å². The first kappa shape index (κ1) is 17.8. The van der Waals surface area contributed by atoms with Crippen molar-refractivity contribution in [3.63, 3.8) is 0 Å². The smallest absolute Gasteiger partial charge is 0.244 e. The number of piperazine rings is 1. The number of nitrogens with one attached hydrogen (secondary N) is 1. The van der Waals surface area contributed by atoms with Crippen molar-refractivity contribution in [2.24, 2.45) is 0 Å². The number of nitrogens with zero attached hydrogens (tertiary/aromatic N) is 2. The molecule has 1 aliphatic carbocycles. The van der Waals surface area contributed by atoms with Gasteiger partial charge >= 0.3 is 0 Å². The van der Waals surface area contributed by atoms with E-state index in [2.05, 4.69) is 28.4 Å². The summed E-state index contributed by atoms with van der Waals surface area (Å²) in [4.78, 5) is 16.9. The van der Waals surface area contributed by atoms with Gasteiger partial charge < -0.3 is 15.1 Å². The molecule has 1 saturated heterocycles. The topological polar surface area (TPSA) is 35.6 Å². The first-order valence-electron chi connectivity index (χ1n) is 9.78. The molecule has 1 aliphatic heterocycles. The van der Waals surface area contributed by atoms with E-state index in [0.717, 1.165) is 30.9 Å². The van der Waals surface area contributed by atoms with E-state index in [1.165, 1.54) is 36.1 Å². The number of amides is 1. The highest BCUT2D eigenvalue weighted by molar-refractivity contribution is 5.84. The molecule has 2 aliphatic rings. The molecule has 0 bridgehead atoms. The quantitative estimate of drug-likeness (QED) is 0.899. The molecule has 1 fully saturated rings. The van der Waals surface area contributed by atoms with Gasteiger partial charge in [0.1, 0.15) is 11.9 Å². The Morgan fingerprint density at radius 2 is 1.70 bits per heavy atom. The normalized spacial score (nSPS) is 17.6. The summed E-state index contributed by atoms with van der Waals surface area (Å²) in [5, 5.41) is 3.37. The van der Waals surface area contributed by atoms with Crippen molar-refractivity contribution in [1.29, 1.82) is 0 Å². The van der Waals surface area contributed by atoms with Crippen LogP contribution in [0.1, 0.15) is 24.5 Å². The van der Waals surface area contributed by atoms with Crippen molar-refractivity contribution < 1.29 is 9.18 Å². The van der Waals surface area contributed by atoms with Gasteiger partial charge in [0.05, 0.1) is 0 Å². The minimum atomic E-state index is -0.248. The summed E-state index contributed by atoms with van der Waals surface area (Å²) in [6, 6.07) is 12.8. The van der Waals surface area contributed by atoms with Crippen LogP contribution in [0.3, 0.4) is 0 Å². The zero-order valence-corrected chi connectivity index (χ0v) is 15.7. The maximum atomic E-state index is 13.1. The summed E-state index contributed by atoms with van der Waals surface area (Å²) in [5.74, 6) is -0.0896. The average molecular weight is 367 g/mol. The average Bonchev–Trinajstić information content (AvgIpc) is 3.16. The van der Waals surface area contributed by atoms with Gasteiger partial charge in [-0.3, -0.25) is 4.79 Å². The molecule has 4 nitrogen and oxygen atoms in total. The number of fused-ring (bicyclic) bond motifs is 1. The molecule has 0 aromatic heterocycles. The first-order valence-corrected chi connectivity index (χ1v) is 9.78. The van der Waals surface area contributed by atoms with Crippen molar-refractivity contribution in [1.82, 2.24) is 4.90 Å². The van der Waals surface area contributed by atoms with Crippen LogP contribution in [0.4, 0.5) is 15.8 Å². The number of hydrogen-bond donors (Lipinski definition) is 1. The highest BCUT2D eigenvalue weighted by Gasteiger charge is 2.25. The Labute approximate surface area is 160 Å². The van der Waals surface area contributed by atoms with E-state index in [9.17, 15) is 9.18 Å². The molecule has 4 rings (SSSR count). The van der Waals surface area contributed by atoms with Crippen LogP contribution in [0.2, 0.25) is 0 Å². The summed E-state index contributed by atoms with van der Waals surface area (Å²) in [6.07, 6.45) is 3.53. The maximum absolute atomic E-state index is 13.1. The summed E-state index contributed by atoms with van der Waals surface area (Å²) in [7, 11) is 0. The van der Waals surface area contributed by atoms with E-state index in [1.807, 2.05) is 11.8 Å².